The lowest BCUT2D eigenvalue weighted by Gasteiger charge is -2.32. The van der Waals surface area contributed by atoms with E-state index in [1.54, 1.807) is 4.90 Å². The van der Waals surface area contributed by atoms with Gasteiger partial charge >= 0.3 is 5.97 Å². The Labute approximate surface area is 176 Å². The largest absolute Gasteiger partial charge is 0.507 e. The molecule has 0 aromatic heterocycles. The molecule has 0 aliphatic heterocycles. The number of allylic oxidation sites excluding steroid dienone is 3. The summed E-state index contributed by atoms with van der Waals surface area (Å²) in [4.78, 5) is 14.2. The number of phenols is 1. The minimum absolute atomic E-state index is 0.0342. The molecule has 2 rings (SSSR count). The molecule has 2 atom stereocenters. The molecule has 0 saturated carbocycles. The molecule has 0 spiro atoms. The molecule has 0 saturated heterocycles. The summed E-state index contributed by atoms with van der Waals surface area (Å²) >= 11 is 0. The number of nitrogens with zero attached hydrogens (tertiary/aromatic N) is 1. The number of ether oxygens (including phenoxy) is 1. The zero-order valence-corrected chi connectivity index (χ0v) is 18.8. The molecule has 1 aliphatic carbocycles. The first-order valence-corrected chi connectivity index (χ1v) is 10.8. The van der Waals surface area contributed by atoms with Crippen LogP contribution in [-0.2, 0) is 11.2 Å². The van der Waals surface area contributed by atoms with E-state index in [1.807, 2.05) is 33.2 Å². The number of esters is 1. The molecule has 0 radical (unpaired) electrons. The lowest BCUT2D eigenvalue weighted by Crippen LogP contribution is -2.26. The highest BCUT2D eigenvalue weighted by atomic mass is 16.5. The van der Waals surface area contributed by atoms with E-state index in [9.17, 15) is 9.90 Å². The second-order valence-electron chi connectivity index (χ2n) is 8.73. The van der Waals surface area contributed by atoms with E-state index < -0.39 is 0 Å². The zero-order valence-electron chi connectivity index (χ0n) is 18.8. The number of likely N-dealkylation sites (N-methyl/N-ethyl adjacent to an activating group) is 1. The van der Waals surface area contributed by atoms with Gasteiger partial charge in [-0.1, -0.05) is 43.6 Å². The summed E-state index contributed by atoms with van der Waals surface area (Å²) in [5.41, 5.74) is 4.11. The highest BCUT2D eigenvalue weighted by Crippen LogP contribution is 2.47. The van der Waals surface area contributed by atoms with Crippen molar-refractivity contribution in [2.45, 2.75) is 65.2 Å². The standard InChI is InChI=1S/C25H37NO3/c1-7-8-9-10-19-14-22(27)25(23(15-19)29-24(28)16-26(5)6)21-13-18(4)11-12-20(21)17(2)3/h13-15,20-21,27H,2,7-12,16H2,1,3-6H3. The third kappa shape index (κ3) is 6.46. The number of benzene rings is 1. The normalized spacial score (nSPS) is 19.2. The van der Waals surface area contributed by atoms with Gasteiger partial charge in [-0.15, -0.1) is 0 Å². The lowest BCUT2D eigenvalue weighted by atomic mass is 9.73. The number of aromatic hydroxyl groups is 1. The van der Waals surface area contributed by atoms with Gasteiger partial charge in [0.15, 0.2) is 0 Å². The highest BCUT2D eigenvalue weighted by molar-refractivity contribution is 5.75. The van der Waals surface area contributed by atoms with Crippen molar-refractivity contribution in [1.29, 1.82) is 0 Å². The van der Waals surface area contributed by atoms with Crippen LogP contribution in [0.5, 0.6) is 11.5 Å². The maximum atomic E-state index is 12.4. The fraction of sp³-hybridized carbons (Fsp3) is 0.560. The quantitative estimate of drug-likeness (QED) is 0.254. The summed E-state index contributed by atoms with van der Waals surface area (Å²) in [7, 11) is 3.68. The molecule has 1 aromatic rings. The number of aryl methyl sites for hydroxylation is 1. The Morgan fingerprint density at radius 3 is 2.66 bits per heavy atom. The number of hydrogen-bond acceptors (Lipinski definition) is 4. The molecule has 0 amide bonds. The first kappa shape index (κ1) is 23.2. The molecule has 4 nitrogen and oxygen atoms in total. The minimum atomic E-state index is -0.315. The van der Waals surface area contributed by atoms with Gasteiger partial charge in [-0.25, -0.2) is 0 Å². The van der Waals surface area contributed by atoms with Gasteiger partial charge in [0.1, 0.15) is 11.5 Å². The molecule has 29 heavy (non-hydrogen) atoms. The van der Waals surface area contributed by atoms with Crippen LogP contribution in [0.25, 0.3) is 0 Å². The second kappa shape index (κ2) is 10.6. The average Bonchev–Trinajstić information content (AvgIpc) is 2.60. The number of unbranched alkanes of at least 4 members (excludes halogenated alkanes) is 2. The first-order chi connectivity index (χ1) is 13.7. The van der Waals surface area contributed by atoms with Gasteiger partial charge in [-0.05, 0) is 77.2 Å². The van der Waals surface area contributed by atoms with Crippen LogP contribution in [0.3, 0.4) is 0 Å². The Kier molecular flexibility index (Phi) is 8.51. The van der Waals surface area contributed by atoms with E-state index in [2.05, 4.69) is 26.5 Å². The highest BCUT2D eigenvalue weighted by Gasteiger charge is 2.31. The van der Waals surface area contributed by atoms with Crippen molar-refractivity contribution in [3.05, 3.63) is 47.1 Å². The zero-order chi connectivity index (χ0) is 21.6. The fourth-order valence-corrected chi connectivity index (χ4v) is 4.13. The maximum Gasteiger partial charge on any atom is 0.325 e. The molecular formula is C25H37NO3. The SMILES string of the molecule is C=C(C)C1CCC(C)=CC1c1c(O)cc(CCCCC)cc1OC(=O)CN(C)C. The molecule has 1 aromatic carbocycles. The first-order valence-electron chi connectivity index (χ1n) is 10.8. The van der Waals surface area contributed by atoms with Gasteiger partial charge in [0.05, 0.1) is 6.54 Å². The summed E-state index contributed by atoms with van der Waals surface area (Å²) in [5.74, 6) is 0.582. The van der Waals surface area contributed by atoms with Crippen molar-refractivity contribution in [1.82, 2.24) is 4.90 Å². The summed E-state index contributed by atoms with van der Waals surface area (Å²) < 4.78 is 5.80. The van der Waals surface area contributed by atoms with Crippen LogP contribution >= 0.6 is 0 Å². The number of carbonyl (C=O) groups is 1. The number of carbonyl (C=O) groups excluding carboxylic acids is 1. The third-order valence-corrected chi connectivity index (χ3v) is 5.63. The topological polar surface area (TPSA) is 49.8 Å². The molecule has 1 N–H and O–H groups in total. The van der Waals surface area contributed by atoms with Gasteiger partial charge < -0.3 is 9.84 Å². The summed E-state index contributed by atoms with van der Waals surface area (Å²) in [6.07, 6.45) is 8.42. The predicted molar refractivity (Wildman–Crippen MR) is 120 cm³/mol. The van der Waals surface area contributed by atoms with Crippen molar-refractivity contribution in [3.8, 4) is 11.5 Å². The van der Waals surface area contributed by atoms with Crippen LogP contribution in [0.2, 0.25) is 0 Å². The molecule has 0 heterocycles. The van der Waals surface area contributed by atoms with Crippen molar-refractivity contribution in [3.63, 3.8) is 0 Å². The van der Waals surface area contributed by atoms with Crippen LogP contribution in [0.15, 0.2) is 35.9 Å². The Morgan fingerprint density at radius 2 is 2.03 bits per heavy atom. The van der Waals surface area contributed by atoms with Crippen LogP contribution in [-0.4, -0.2) is 36.6 Å². The van der Waals surface area contributed by atoms with Crippen molar-refractivity contribution >= 4 is 5.97 Å². The minimum Gasteiger partial charge on any atom is -0.507 e. The van der Waals surface area contributed by atoms with Gasteiger partial charge in [-0.3, -0.25) is 9.69 Å². The number of hydrogen-bond donors (Lipinski definition) is 1. The number of phenolic OH excluding ortho intramolecular Hbond substituents is 1. The second-order valence-corrected chi connectivity index (χ2v) is 8.73. The number of rotatable bonds is 9. The van der Waals surface area contributed by atoms with Crippen molar-refractivity contribution in [2.75, 3.05) is 20.6 Å². The lowest BCUT2D eigenvalue weighted by molar-refractivity contribution is -0.135. The Hall–Kier alpha value is -2.07. The van der Waals surface area contributed by atoms with Gasteiger partial charge in [0.2, 0.25) is 0 Å². The third-order valence-electron chi connectivity index (χ3n) is 5.63. The van der Waals surface area contributed by atoms with E-state index >= 15 is 0 Å². The molecule has 1 aliphatic rings. The molecule has 2 unspecified atom stereocenters. The average molecular weight is 400 g/mol. The summed E-state index contributed by atoms with van der Waals surface area (Å²) in [6, 6.07) is 3.80. The van der Waals surface area contributed by atoms with Crippen LogP contribution < -0.4 is 4.74 Å². The van der Waals surface area contributed by atoms with E-state index in [0.717, 1.165) is 49.7 Å². The van der Waals surface area contributed by atoms with Gasteiger partial charge in [0, 0.05) is 11.5 Å². The van der Waals surface area contributed by atoms with Crippen molar-refractivity contribution in [2.24, 2.45) is 5.92 Å². The Balaban J connectivity index is 2.48. The van der Waals surface area contributed by atoms with Crippen LogP contribution in [0.1, 0.15) is 69.9 Å². The van der Waals surface area contributed by atoms with E-state index in [1.165, 1.54) is 5.57 Å². The predicted octanol–water partition coefficient (Wildman–Crippen LogP) is 5.61. The fourth-order valence-electron chi connectivity index (χ4n) is 4.13. The van der Waals surface area contributed by atoms with Gasteiger partial charge in [-0.2, -0.15) is 0 Å². The maximum absolute atomic E-state index is 12.4. The van der Waals surface area contributed by atoms with Crippen LogP contribution in [0.4, 0.5) is 0 Å². The van der Waals surface area contributed by atoms with E-state index in [-0.39, 0.29) is 30.1 Å². The smallest absolute Gasteiger partial charge is 0.325 e. The van der Waals surface area contributed by atoms with Crippen LogP contribution in [0, 0.1) is 5.92 Å². The molecule has 4 heteroatoms. The summed E-state index contributed by atoms with van der Waals surface area (Å²) in [6.45, 7) is 10.7. The molecule has 160 valence electrons. The molecule has 0 fully saturated rings. The molecule has 0 bridgehead atoms. The van der Waals surface area contributed by atoms with E-state index in [4.69, 9.17) is 4.74 Å². The Bertz CT molecular complexity index is 764. The summed E-state index contributed by atoms with van der Waals surface area (Å²) in [5, 5.41) is 11.0. The Morgan fingerprint density at radius 1 is 1.31 bits per heavy atom. The monoisotopic (exact) mass is 399 g/mol. The molecular weight excluding hydrogens is 362 g/mol. The van der Waals surface area contributed by atoms with E-state index in [0.29, 0.717) is 11.3 Å². The van der Waals surface area contributed by atoms with Gasteiger partial charge in [0.25, 0.3) is 0 Å². The van der Waals surface area contributed by atoms with Crippen molar-refractivity contribution < 1.29 is 14.6 Å².